The summed E-state index contributed by atoms with van der Waals surface area (Å²) < 4.78 is 52.5. The molecule has 4 fully saturated rings. The lowest BCUT2D eigenvalue weighted by molar-refractivity contribution is -0.384. The first kappa shape index (κ1) is 50.1. The first-order valence-electron chi connectivity index (χ1n) is 25.5. The number of nitrogens with zero attached hydrogens (tertiary/aromatic N) is 6. The smallest absolute Gasteiger partial charge is 0.293 e. The average molecular weight is 1010 g/mol. The quantitative estimate of drug-likeness (QED) is 0.0561. The topological polar surface area (TPSA) is 199 Å². The number of nitro benzene ring substituents is 1. The number of carbonyl (C=O) groups is 1. The number of halogens is 1. The SMILES string of the molecule is CC(C)c1ccccc1[C@@H]1CN(Cc2ccncc2)CCN1C1CC2(CCN(c3cc(Oc4cnc5[nH]ccc5c4)c(C(=O)NS(=O)(=O)c4ccc(NC[C@H]5CC[C@](C)(O)CC5)c([N+](=O)[O-])c4)cc3F)CC2)C1. The molecule has 73 heavy (non-hydrogen) atoms. The number of benzene rings is 3. The van der Waals surface area contributed by atoms with Crippen LogP contribution in [0.4, 0.5) is 21.5 Å². The predicted molar refractivity (Wildman–Crippen MR) is 278 cm³/mol. The number of amides is 1. The Balaban J connectivity index is 0.848. The first-order valence-corrected chi connectivity index (χ1v) is 27.0. The second-order valence-electron chi connectivity index (χ2n) is 21.4. The maximum atomic E-state index is 16.6. The monoisotopic (exact) mass is 1010 g/mol. The number of fused-ring (bicyclic) bond motifs is 1. The van der Waals surface area contributed by atoms with Crippen molar-refractivity contribution in [3.63, 3.8) is 0 Å². The van der Waals surface area contributed by atoms with E-state index in [0.29, 0.717) is 50.1 Å². The van der Waals surface area contributed by atoms with Crippen molar-refractivity contribution in [2.75, 3.05) is 49.5 Å². The number of nitro groups is 1. The van der Waals surface area contributed by atoms with Gasteiger partial charge in [0.1, 0.15) is 28.7 Å². The van der Waals surface area contributed by atoms with Crippen LogP contribution in [0.5, 0.6) is 11.5 Å². The predicted octanol–water partition coefficient (Wildman–Crippen LogP) is 9.70. The summed E-state index contributed by atoms with van der Waals surface area (Å²) in [4.78, 5) is 44.0. The maximum absolute atomic E-state index is 16.6. The third-order valence-electron chi connectivity index (χ3n) is 16.0. The zero-order valence-corrected chi connectivity index (χ0v) is 42.4. The van der Waals surface area contributed by atoms with Crippen LogP contribution >= 0.6 is 0 Å². The summed E-state index contributed by atoms with van der Waals surface area (Å²) in [5.74, 6) is -1.19. The normalized spacial score (nSPS) is 21.8. The van der Waals surface area contributed by atoms with Gasteiger partial charge in [0.15, 0.2) is 0 Å². The molecule has 3 aromatic heterocycles. The molecule has 18 heteroatoms. The summed E-state index contributed by atoms with van der Waals surface area (Å²) in [6, 6.07) is 23.1. The van der Waals surface area contributed by atoms with Gasteiger partial charge in [-0.2, -0.15) is 0 Å². The van der Waals surface area contributed by atoms with E-state index in [1.807, 2.05) is 22.0 Å². The number of carbonyl (C=O) groups excluding carboxylic acids is 1. The Morgan fingerprint density at radius 3 is 2.48 bits per heavy atom. The number of pyridine rings is 2. The standard InChI is InChI=1S/C55H64FN9O7S/c1-36(2)43-6-4-5-7-44(43)50-35-62(34-38-12-19-57-20-13-38)24-25-64(50)40-30-55(31-40)17-22-63(23-18-55)48-29-51(72-41-26-39-14-21-58-52(39)60-33-41)45(28-46(48)56)53(66)61-73(70,71)42-8-9-47(49(27-42)65(68)69)59-32-37-10-15-54(3,67)16-11-37/h4-9,12-14,19-21,26-29,33,36-37,40,50,59,67H,10-11,15-18,22-25,30-32,34-35H2,1-3H3,(H,58,60)(H,61,66)/t37-,50-,54-/m0/s1. The Hall–Kier alpha value is -6.47. The van der Waals surface area contributed by atoms with Crippen LogP contribution in [0.1, 0.15) is 111 Å². The molecule has 2 saturated heterocycles. The fraction of sp³-hybridized carbons (Fsp3) is 0.436. The number of aromatic nitrogens is 3. The molecule has 0 radical (unpaired) electrons. The van der Waals surface area contributed by atoms with Crippen LogP contribution < -0.4 is 19.7 Å². The molecule has 0 unspecified atom stereocenters. The van der Waals surface area contributed by atoms with Gasteiger partial charge in [-0.25, -0.2) is 22.5 Å². The molecule has 0 bridgehead atoms. The van der Waals surface area contributed by atoms with Gasteiger partial charge in [-0.05, 0) is 135 Å². The Morgan fingerprint density at radius 2 is 1.74 bits per heavy atom. The van der Waals surface area contributed by atoms with E-state index in [0.717, 1.165) is 82.2 Å². The molecule has 5 heterocycles. The van der Waals surface area contributed by atoms with Crippen LogP contribution in [-0.4, -0.2) is 100 Å². The minimum atomic E-state index is -4.72. The van der Waals surface area contributed by atoms with Crippen LogP contribution in [0.15, 0.2) is 109 Å². The molecule has 3 aromatic carbocycles. The zero-order chi connectivity index (χ0) is 51.1. The molecular weight excluding hydrogens is 950 g/mol. The number of piperazine rings is 1. The summed E-state index contributed by atoms with van der Waals surface area (Å²) in [6.45, 7) is 11.6. The van der Waals surface area contributed by atoms with Gasteiger partial charge in [0.25, 0.3) is 21.6 Å². The lowest BCUT2D eigenvalue weighted by Crippen LogP contribution is -2.60. The number of anilines is 2. The second-order valence-corrected chi connectivity index (χ2v) is 23.0. The molecule has 10 rings (SSSR count). The Bertz CT molecular complexity index is 3090. The zero-order valence-electron chi connectivity index (χ0n) is 41.6. The number of aliphatic hydroxyl groups is 1. The maximum Gasteiger partial charge on any atom is 0.293 e. The third-order valence-corrected chi connectivity index (χ3v) is 17.3. The number of sulfonamides is 1. The van der Waals surface area contributed by atoms with Gasteiger partial charge in [-0.15, -0.1) is 0 Å². The molecule has 1 atom stereocenters. The van der Waals surface area contributed by atoms with E-state index in [1.54, 1.807) is 25.3 Å². The van der Waals surface area contributed by atoms with Crippen LogP contribution in [0.3, 0.4) is 0 Å². The molecule has 2 aliphatic heterocycles. The molecule has 2 saturated carbocycles. The summed E-state index contributed by atoms with van der Waals surface area (Å²) >= 11 is 0. The number of hydrogen-bond donors (Lipinski definition) is 4. The highest BCUT2D eigenvalue weighted by Gasteiger charge is 2.50. The van der Waals surface area contributed by atoms with Crippen LogP contribution in [0.25, 0.3) is 11.0 Å². The van der Waals surface area contributed by atoms with E-state index >= 15 is 4.39 Å². The van der Waals surface area contributed by atoms with Gasteiger partial charge in [0.05, 0.1) is 32.9 Å². The molecule has 16 nitrogen and oxygen atoms in total. The molecule has 4 aliphatic rings. The van der Waals surface area contributed by atoms with Crippen molar-refractivity contribution in [3.05, 3.63) is 142 Å². The van der Waals surface area contributed by atoms with Gasteiger partial charge in [0.2, 0.25) is 0 Å². The fourth-order valence-corrected chi connectivity index (χ4v) is 12.7. The average Bonchev–Trinajstić information content (AvgIpc) is 3.84. The van der Waals surface area contributed by atoms with Crippen molar-refractivity contribution in [2.45, 2.75) is 107 Å². The van der Waals surface area contributed by atoms with E-state index in [4.69, 9.17) is 4.74 Å². The molecular formula is C55H64FN9O7S. The van der Waals surface area contributed by atoms with Crippen molar-refractivity contribution in [1.82, 2.24) is 29.5 Å². The first-order chi connectivity index (χ1) is 35.0. The Morgan fingerprint density at radius 1 is 0.986 bits per heavy atom. The highest BCUT2D eigenvalue weighted by Crippen LogP contribution is 2.54. The van der Waals surface area contributed by atoms with E-state index in [9.17, 15) is 28.4 Å². The van der Waals surface area contributed by atoms with Crippen molar-refractivity contribution in [1.29, 1.82) is 0 Å². The highest BCUT2D eigenvalue weighted by atomic mass is 32.2. The summed E-state index contributed by atoms with van der Waals surface area (Å²) in [5, 5.41) is 26.4. The molecule has 2 aliphatic carbocycles. The van der Waals surface area contributed by atoms with Gasteiger partial charge >= 0.3 is 0 Å². The number of nitrogens with one attached hydrogen (secondary N) is 3. The number of ether oxygens (including phenoxy) is 1. The van der Waals surface area contributed by atoms with E-state index in [-0.39, 0.29) is 45.8 Å². The van der Waals surface area contributed by atoms with Crippen LogP contribution in [-0.2, 0) is 16.6 Å². The van der Waals surface area contributed by atoms with E-state index < -0.39 is 42.9 Å². The third kappa shape index (κ3) is 10.9. The van der Waals surface area contributed by atoms with Gasteiger partial charge < -0.3 is 25.0 Å². The molecule has 6 aromatic rings. The number of hydrogen-bond acceptors (Lipinski definition) is 13. The minimum Gasteiger partial charge on any atom is -0.455 e. The lowest BCUT2D eigenvalue weighted by Gasteiger charge is -2.58. The summed E-state index contributed by atoms with van der Waals surface area (Å²) in [5.41, 5.74) is 3.50. The Kier molecular flexibility index (Phi) is 14.0. The van der Waals surface area contributed by atoms with E-state index in [2.05, 4.69) is 80.3 Å². The van der Waals surface area contributed by atoms with Crippen LogP contribution in [0.2, 0.25) is 0 Å². The molecule has 1 spiro atoms. The molecule has 384 valence electrons. The van der Waals surface area contributed by atoms with Crippen molar-refractivity contribution in [3.8, 4) is 11.5 Å². The number of rotatable bonds is 15. The summed E-state index contributed by atoms with van der Waals surface area (Å²) in [7, 11) is -4.72. The molecule has 1 amide bonds. The van der Waals surface area contributed by atoms with E-state index in [1.165, 1.54) is 41.1 Å². The van der Waals surface area contributed by atoms with Crippen molar-refractivity contribution >= 4 is 44.0 Å². The van der Waals surface area contributed by atoms with Crippen molar-refractivity contribution < 1.29 is 32.4 Å². The second kappa shape index (κ2) is 20.4. The van der Waals surface area contributed by atoms with Gasteiger partial charge in [-0.3, -0.25) is 29.7 Å². The highest BCUT2D eigenvalue weighted by molar-refractivity contribution is 7.90. The summed E-state index contributed by atoms with van der Waals surface area (Å²) in [6.07, 6.45) is 13.4. The van der Waals surface area contributed by atoms with Gasteiger partial charge in [-0.1, -0.05) is 38.1 Å². The lowest BCUT2D eigenvalue weighted by atomic mass is 9.59. The van der Waals surface area contributed by atoms with Gasteiger partial charge in [0, 0.05) is 94.0 Å². The molecule has 4 N–H and O–H groups in total. The van der Waals surface area contributed by atoms with Crippen molar-refractivity contribution in [2.24, 2.45) is 11.3 Å². The fourth-order valence-electron chi connectivity index (χ4n) is 11.7. The largest absolute Gasteiger partial charge is 0.455 e. The number of H-pyrrole nitrogens is 1. The van der Waals surface area contributed by atoms with Crippen LogP contribution in [0, 0.1) is 27.3 Å². The number of piperidine rings is 1. The Labute approximate surface area is 425 Å². The number of aromatic amines is 1. The minimum absolute atomic E-state index is 0.0877.